The Bertz CT molecular complexity index is 672. The molecule has 0 N–H and O–H groups in total. The number of hydrazone groups is 1. The molecule has 0 atom stereocenters. The van der Waals surface area contributed by atoms with Crippen molar-refractivity contribution in [1.29, 1.82) is 0 Å². The highest BCUT2D eigenvalue weighted by atomic mass is 16.4. The first-order valence-electron chi connectivity index (χ1n) is 6.26. The summed E-state index contributed by atoms with van der Waals surface area (Å²) in [7, 11) is 1.78. The molecule has 2 rings (SSSR count). The van der Waals surface area contributed by atoms with Crippen LogP contribution in [-0.4, -0.2) is 13.3 Å². The summed E-state index contributed by atoms with van der Waals surface area (Å²) in [5, 5.41) is 5.86. The van der Waals surface area contributed by atoms with Gasteiger partial charge in [0.2, 0.25) is 0 Å². The minimum atomic E-state index is -0.373. The summed E-state index contributed by atoms with van der Waals surface area (Å²) in [5.74, 6) is 0.564. The minimum Gasteiger partial charge on any atom is -0.428 e. The number of rotatable bonds is 4. The molecule has 0 bridgehead atoms. The lowest BCUT2D eigenvalue weighted by Gasteiger charge is -2.11. The molecule has 1 aromatic heterocycles. The van der Waals surface area contributed by atoms with Crippen molar-refractivity contribution in [3.63, 3.8) is 0 Å². The van der Waals surface area contributed by atoms with Crippen molar-refractivity contribution in [2.24, 2.45) is 5.10 Å². The fraction of sp³-hybridized carbons (Fsp3) is 0.125. The highest BCUT2D eigenvalue weighted by Gasteiger charge is 2.01. The zero-order valence-electron chi connectivity index (χ0n) is 11.5. The lowest BCUT2D eigenvalue weighted by molar-refractivity contribution is 0.480. The van der Waals surface area contributed by atoms with Crippen LogP contribution in [0.25, 0.3) is 6.08 Å². The number of benzene rings is 1. The molecule has 1 heterocycles. The first-order valence-corrected chi connectivity index (χ1v) is 6.26. The molecule has 0 spiro atoms. The summed E-state index contributed by atoms with van der Waals surface area (Å²) in [6.07, 6.45) is 5.49. The maximum Gasteiger partial charge on any atom is 0.337 e. The van der Waals surface area contributed by atoms with E-state index in [1.54, 1.807) is 31.3 Å². The first-order chi connectivity index (χ1) is 9.65. The fourth-order valence-corrected chi connectivity index (χ4v) is 1.70. The summed E-state index contributed by atoms with van der Waals surface area (Å²) in [6, 6.07) is 13.1. The van der Waals surface area contributed by atoms with Crippen molar-refractivity contribution in [3.8, 4) is 0 Å². The number of hydrogen-bond donors (Lipinski definition) is 0. The Morgan fingerprint density at radius 1 is 1.20 bits per heavy atom. The molecule has 0 amide bonds. The van der Waals surface area contributed by atoms with Gasteiger partial charge in [0.15, 0.2) is 0 Å². The van der Waals surface area contributed by atoms with Gasteiger partial charge in [0, 0.05) is 25.4 Å². The van der Waals surface area contributed by atoms with Crippen LogP contribution in [0.4, 0.5) is 5.69 Å². The van der Waals surface area contributed by atoms with Gasteiger partial charge in [0.1, 0.15) is 5.76 Å². The van der Waals surface area contributed by atoms with Crippen LogP contribution in [0.3, 0.4) is 0 Å². The predicted molar refractivity (Wildman–Crippen MR) is 82.1 cm³/mol. The van der Waals surface area contributed by atoms with Crippen LogP contribution < -0.4 is 10.6 Å². The number of hydrogen-bond acceptors (Lipinski definition) is 4. The Kier molecular flexibility index (Phi) is 4.50. The summed E-state index contributed by atoms with van der Waals surface area (Å²) in [5.41, 5.74) is 1.43. The van der Waals surface area contributed by atoms with Gasteiger partial charge in [-0.15, -0.1) is 0 Å². The van der Waals surface area contributed by atoms with Gasteiger partial charge >= 0.3 is 5.63 Å². The molecule has 2 aromatic rings. The van der Waals surface area contributed by atoms with Gasteiger partial charge in [0.25, 0.3) is 0 Å². The standard InChI is InChI=1S/C16H16N2O2/c1-13-11-15(12-16(19)20-13)18(2)17-10-6-9-14-7-4-3-5-8-14/h3-12H,1-2H3/b9-6+,17-10+. The number of allylic oxidation sites excluding steroid dienone is 1. The second-order valence-electron chi connectivity index (χ2n) is 4.30. The molecule has 20 heavy (non-hydrogen) atoms. The van der Waals surface area contributed by atoms with Crippen molar-refractivity contribution >= 4 is 18.0 Å². The Hall–Kier alpha value is -2.62. The third-order valence-corrected chi connectivity index (χ3v) is 2.67. The molecule has 4 nitrogen and oxygen atoms in total. The van der Waals surface area contributed by atoms with E-state index in [2.05, 4.69) is 5.10 Å². The quantitative estimate of drug-likeness (QED) is 0.632. The second kappa shape index (κ2) is 6.52. The zero-order valence-corrected chi connectivity index (χ0v) is 11.5. The molecule has 0 aliphatic rings. The highest BCUT2D eigenvalue weighted by molar-refractivity contribution is 5.78. The third kappa shape index (κ3) is 3.95. The summed E-state index contributed by atoms with van der Waals surface area (Å²) in [4.78, 5) is 11.3. The van der Waals surface area contributed by atoms with E-state index >= 15 is 0 Å². The van der Waals surface area contributed by atoms with Crippen molar-refractivity contribution in [3.05, 3.63) is 70.3 Å². The van der Waals surface area contributed by atoms with E-state index < -0.39 is 0 Å². The molecule has 0 saturated carbocycles. The third-order valence-electron chi connectivity index (χ3n) is 2.67. The lowest BCUT2D eigenvalue weighted by atomic mass is 10.2. The number of anilines is 1. The SMILES string of the molecule is Cc1cc(N(C)/N=C/C=C/c2ccccc2)cc(=O)o1. The average Bonchev–Trinajstić information content (AvgIpc) is 2.43. The Morgan fingerprint density at radius 2 is 1.95 bits per heavy atom. The maximum atomic E-state index is 11.3. The largest absolute Gasteiger partial charge is 0.428 e. The van der Waals surface area contributed by atoms with Crippen LogP contribution in [0.5, 0.6) is 0 Å². The van der Waals surface area contributed by atoms with Gasteiger partial charge in [0.05, 0.1) is 5.69 Å². The van der Waals surface area contributed by atoms with E-state index in [1.807, 2.05) is 42.5 Å². The number of nitrogens with zero attached hydrogens (tertiary/aromatic N) is 2. The van der Waals surface area contributed by atoms with Gasteiger partial charge in [-0.3, -0.25) is 5.01 Å². The highest BCUT2D eigenvalue weighted by Crippen LogP contribution is 2.11. The van der Waals surface area contributed by atoms with Gasteiger partial charge in [-0.2, -0.15) is 5.10 Å². The molecule has 0 radical (unpaired) electrons. The second-order valence-corrected chi connectivity index (χ2v) is 4.30. The average molecular weight is 268 g/mol. The Morgan fingerprint density at radius 3 is 2.65 bits per heavy atom. The van der Waals surface area contributed by atoms with Gasteiger partial charge < -0.3 is 4.42 Å². The van der Waals surface area contributed by atoms with Crippen LogP contribution in [0.2, 0.25) is 0 Å². The Labute approximate surface area is 117 Å². The van der Waals surface area contributed by atoms with Crippen LogP contribution in [0.1, 0.15) is 11.3 Å². The van der Waals surface area contributed by atoms with Crippen molar-refractivity contribution in [1.82, 2.24) is 0 Å². The van der Waals surface area contributed by atoms with Crippen molar-refractivity contribution in [2.45, 2.75) is 6.92 Å². The van der Waals surface area contributed by atoms with Crippen LogP contribution >= 0.6 is 0 Å². The van der Waals surface area contributed by atoms with Crippen LogP contribution in [-0.2, 0) is 0 Å². The molecule has 0 saturated heterocycles. The Balaban J connectivity index is 2.04. The molecule has 0 aliphatic carbocycles. The normalized spacial score (nSPS) is 11.3. The number of aryl methyl sites for hydroxylation is 1. The smallest absolute Gasteiger partial charge is 0.337 e. The summed E-state index contributed by atoms with van der Waals surface area (Å²) >= 11 is 0. The van der Waals surface area contributed by atoms with E-state index in [4.69, 9.17) is 4.42 Å². The molecule has 0 unspecified atom stereocenters. The van der Waals surface area contributed by atoms with E-state index in [0.29, 0.717) is 11.4 Å². The van der Waals surface area contributed by atoms with Crippen LogP contribution in [0.15, 0.2) is 62.9 Å². The predicted octanol–water partition coefficient (Wildman–Crippen LogP) is 3.08. The zero-order chi connectivity index (χ0) is 14.4. The molecular weight excluding hydrogens is 252 g/mol. The van der Waals surface area contributed by atoms with Gasteiger partial charge in [-0.25, -0.2) is 4.79 Å². The van der Waals surface area contributed by atoms with Gasteiger partial charge in [-0.1, -0.05) is 36.4 Å². The fourth-order valence-electron chi connectivity index (χ4n) is 1.70. The topological polar surface area (TPSA) is 45.8 Å². The van der Waals surface area contributed by atoms with Crippen molar-refractivity contribution < 1.29 is 4.42 Å². The van der Waals surface area contributed by atoms with E-state index in [0.717, 1.165) is 5.56 Å². The molecule has 1 aromatic carbocycles. The molecular formula is C16H16N2O2. The van der Waals surface area contributed by atoms with E-state index in [-0.39, 0.29) is 5.63 Å². The lowest BCUT2D eigenvalue weighted by Crippen LogP contribution is -2.11. The first kappa shape index (κ1) is 13.8. The summed E-state index contributed by atoms with van der Waals surface area (Å²) in [6.45, 7) is 1.73. The molecule has 0 fully saturated rings. The van der Waals surface area contributed by atoms with E-state index in [1.165, 1.54) is 6.07 Å². The molecule has 4 heteroatoms. The maximum absolute atomic E-state index is 11.3. The summed E-state index contributed by atoms with van der Waals surface area (Å²) < 4.78 is 4.90. The monoisotopic (exact) mass is 268 g/mol. The van der Waals surface area contributed by atoms with Crippen molar-refractivity contribution in [2.75, 3.05) is 12.1 Å². The minimum absolute atomic E-state index is 0.373. The van der Waals surface area contributed by atoms with E-state index in [9.17, 15) is 4.79 Å². The van der Waals surface area contributed by atoms with Crippen LogP contribution in [0, 0.1) is 6.92 Å². The molecule has 0 aliphatic heterocycles. The van der Waals surface area contributed by atoms with Gasteiger partial charge in [-0.05, 0) is 18.6 Å². The molecule has 102 valence electrons.